The van der Waals surface area contributed by atoms with E-state index in [2.05, 4.69) is 26.9 Å². The van der Waals surface area contributed by atoms with E-state index >= 15 is 0 Å². The molecule has 0 bridgehead atoms. The molecule has 1 aromatic carbocycles. The molecule has 24 heavy (non-hydrogen) atoms. The van der Waals surface area contributed by atoms with Gasteiger partial charge in [0.25, 0.3) is 5.91 Å². The number of pyridine rings is 1. The number of nitrogens with zero attached hydrogens (tertiary/aromatic N) is 4. The van der Waals surface area contributed by atoms with Gasteiger partial charge in [0.2, 0.25) is 0 Å². The van der Waals surface area contributed by atoms with Crippen molar-refractivity contribution >= 4 is 11.7 Å². The first-order chi connectivity index (χ1) is 11.8. The highest BCUT2D eigenvalue weighted by molar-refractivity contribution is 5.98. The second-order valence-corrected chi connectivity index (χ2v) is 6.40. The number of aromatic nitrogens is 1. The number of carbonyl (C=O) groups excluding carboxylic acids is 1. The van der Waals surface area contributed by atoms with Crippen LogP contribution in [0, 0.1) is 0 Å². The van der Waals surface area contributed by atoms with Crippen LogP contribution in [0.4, 0.5) is 5.82 Å². The summed E-state index contributed by atoms with van der Waals surface area (Å²) in [4.78, 5) is 23.6. The van der Waals surface area contributed by atoms with Crippen molar-refractivity contribution in [2.45, 2.75) is 6.54 Å². The Kier molecular flexibility index (Phi) is 4.17. The number of carbonyl (C=O) groups is 1. The predicted octanol–water partition coefficient (Wildman–Crippen LogP) is 1.86. The second kappa shape index (κ2) is 6.61. The van der Waals surface area contributed by atoms with Crippen molar-refractivity contribution in [1.82, 2.24) is 14.8 Å². The lowest BCUT2D eigenvalue weighted by molar-refractivity contribution is 0.0756. The van der Waals surface area contributed by atoms with Gasteiger partial charge in [-0.2, -0.15) is 0 Å². The molecule has 124 valence electrons. The highest BCUT2D eigenvalue weighted by atomic mass is 16.2. The van der Waals surface area contributed by atoms with Crippen molar-refractivity contribution in [3.63, 3.8) is 0 Å². The Labute approximate surface area is 142 Å². The van der Waals surface area contributed by atoms with Crippen LogP contribution in [0.15, 0.2) is 48.7 Å². The molecule has 0 aliphatic carbocycles. The molecule has 1 aromatic heterocycles. The molecule has 0 saturated carbocycles. The summed E-state index contributed by atoms with van der Waals surface area (Å²) in [6.45, 7) is 6.52. The minimum atomic E-state index is 0.178. The maximum absolute atomic E-state index is 12.4. The smallest absolute Gasteiger partial charge is 0.254 e. The minimum absolute atomic E-state index is 0.178. The Morgan fingerprint density at radius 2 is 1.71 bits per heavy atom. The van der Waals surface area contributed by atoms with Gasteiger partial charge in [-0.1, -0.05) is 24.3 Å². The molecule has 3 heterocycles. The monoisotopic (exact) mass is 322 g/mol. The molecule has 2 aromatic rings. The highest BCUT2D eigenvalue weighted by Gasteiger charge is 2.27. The van der Waals surface area contributed by atoms with Gasteiger partial charge in [-0.25, -0.2) is 4.98 Å². The summed E-state index contributed by atoms with van der Waals surface area (Å²) in [5.41, 5.74) is 2.03. The summed E-state index contributed by atoms with van der Waals surface area (Å²) in [5.74, 6) is 1.24. The molecule has 0 unspecified atom stereocenters. The van der Waals surface area contributed by atoms with Gasteiger partial charge in [-0.15, -0.1) is 0 Å². The quantitative estimate of drug-likeness (QED) is 0.861. The number of hydrogen-bond acceptors (Lipinski definition) is 4. The molecular formula is C19H22N4O. The zero-order valence-corrected chi connectivity index (χ0v) is 13.8. The lowest BCUT2D eigenvalue weighted by atomic mass is 10.1. The average Bonchev–Trinajstić information content (AvgIpc) is 2.97. The van der Waals surface area contributed by atoms with Crippen molar-refractivity contribution in [3.8, 4) is 0 Å². The van der Waals surface area contributed by atoms with Gasteiger partial charge in [0, 0.05) is 57.6 Å². The Hall–Kier alpha value is -2.40. The van der Waals surface area contributed by atoms with Crippen LogP contribution in [0.3, 0.4) is 0 Å². The number of benzene rings is 1. The van der Waals surface area contributed by atoms with Crippen molar-refractivity contribution in [2.24, 2.45) is 0 Å². The third-order valence-electron chi connectivity index (χ3n) is 4.93. The first-order valence-electron chi connectivity index (χ1n) is 8.57. The Bertz CT molecular complexity index is 710. The molecule has 1 fully saturated rings. The Morgan fingerprint density at radius 1 is 0.917 bits per heavy atom. The average molecular weight is 322 g/mol. The largest absolute Gasteiger partial charge is 0.354 e. The SMILES string of the molecule is O=C1c2ccccc2CN1CCN1CCN(c2ccccn2)CC1. The van der Waals surface area contributed by atoms with E-state index in [4.69, 9.17) is 0 Å². The first-order valence-corrected chi connectivity index (χ1v) is 8.57. The van der Waals surface area contributed by atoms with Crippen LogP contribution in [-0.4, -0.2) is 60.0 Å². The predicted molar refractivity (Wildman–Crippen MR) is 94.1 cm³/mol. The zero-order chi connectivity index (χ0) is 16.4. The third-order valence-corrected chi connectivity index (χ3v) is 4.93. The van der Waals surface area contributed by atoms with Crippen LogP contribution in [0.1, 0.15) is 15.9 Å². The van der Waals surface area contributed by atoms with E-state index in [1.165, 1.54) is 0 Å². The lowest BCUT2D eigenvalue weighted by Gasteiger charge is -2.36. The molecule has 0 atom stereocenters. The van der Waals surface area contributed by atoms with E-state index in [9.17, 15) is 4.79 Å². The summed E-state index contributed by atoms with van der Waals surface area (Å²) in [5, 5.41) is 0. The van der Waals surface area contributed by atoms with E-state index in [-0.39, 0.29) is 5.91 Å². The van der Waals surface area contributed by atoms with E-state index in [0.29, 0.717) is 0 Å². The summed E-state index contributed by atoms with van der Waals surface area (Å²) < 4.78 is 0. The molecule has 1 saturated heterocycles. The highest BCUT2D eigenvalue weighted by Crippen LogP contribution is 2.22. The summed E-state index contributed by atoms with van der Waals surface area (Å²) in [6.07, 6.45) is 1.85. The van der Waals surface area contributed by atoms with E-state index in [1.807, 2.05) is 41.4 Å². The van der Waals surface area contributed by atoms with Crippen LogP contribution in [-0.2, 0) is 6.54 Å². The Morgan fingerprint density at radius 3 is 2.46 bits per heavy atom. The molecule has 5 heteroatoms. The number of anilines is 1. The maximum Gasteiger partial charge on any atom is 0.254 e. The van der Waals surface area contributed by atoms with Crippen molar-refractivity contribution in [1.29, 1.82) is 0 Å². The number of rotatable bonds is 4. The number of piperazine rings is 1. The normalized spacial score (nSPS) is 18.1. The van der Waals surface area contributed by atoms with Gasteiger partial charge < -0.3 is 9.80 Å². The van der Waals surface area contributed by atoms with Gasteiger partial charge in [0.05, 0.1) is 0 Å². The molecule has 2 aliphatic heterocycles. The Balaban J connectivity index is 1.28. The first kappa shape index (κ1) is 15.1. The fourth-order valence-corrected chi connectivity index (χ4v) is 3.50. The molecule has 0 N–H and O–H groups in total. The van der Waals surface area contributed by atoms with Gasteiger partial charge >= 0.3 is 0 Å². The van der Waals surface area contributed by atoms with Gasteiger partial charge in [-0.05, 0) is 23.8 Å². The van der Waals surface area contributed by atoms with Crippen LogP contribution >= 0.6 is 0 Å². The van der Waals surface area contributed by atoms with Gasteiger partial charge in [0.15, 0.2) is 0 Å². The number of amides is 1. The topological polar surface area (TPSA) is 39.7 Å². The zero-order valence-electron chi connectivity index (χ0n) is 13.8. The fraction of sp³-hybridized carbons (Fsp3) is 0.368. The van der Waals surface area contributed by atoms with Crippen LogP contribution in [0.25, 0.3) is 0 Å². The minimum Gasteiger partial charge on any atom is -0.354 e. The molecule has 4 rings (SSSR count). The molecular weight excluding hydrogens is 300 g/mol. The molecule has 0 spiro atoms. The standard InChI is InChI=1S/C19H22N4O/c24-19-17-6-2-1-5-16(17)15-23(19)14-11-21-9-12-22(13-10-21)18-7-3-4-8-20-18/h1-8H,9-15H2. The van der Waals surface area contributed by atoms with Crippen molar-refractivity contribution < 1.29 is 4.79 Å². The van der Waals surface area contributed by atoms with Crippen LogP contribution in [0.5, 0.6) is 0 Å². The van der Waals surface area contributed by atoms with E-state index in [1.54, 1.807) is 0 Å². The van der Waals surface area contributed by atoms with Crippen molar-refractivity contribution in [2.75, 3.05) is 44.2 Å². The van der Waals surface area contributed by atoms with Crippen molar-refractivity contribution in [3.05, 3.63) is 59.8 Å². The molecule has 5 nitrogen and oxygen atoms in total. The fourth-order valence-electron chi connectivity index (χ4n) is 3.50. The van der Waals surface area contributed by atoms with Gasteiger partial charge in [-0.3, -0.25) is 9.69 Å². The number of fused-ring (bicyclic) bond motifs is 1. The summed E-state index contributed by atoms with van der Waals surface area (Å²) >= 11 is 0. The van der Waals surface area contributed by atoms with Gasteiger partial charge in [0.1, 0.15) is 5.82 Å². The summed E-state index contributed by atoms with van der Waals surface area (Å²) in [7, 11) is 0. The molecule has 2 aliphatic rings. The van der Waals surface area contributed by atoms with Crippen LogP contribution in [0.2, 0.25) is 0 Å². The molecule has 1 amide bonds. The molecule has 0 radical (unpaired) electrons. The second-order valence-electron chi connectivity index (χ2n) is 6.40. The van der Waals surface area contributed by atoms with E-state index in [0.717, 1.165) is 62.8 Å². The number of hydrogen-bond donors (Lipinski definition) is 0. The van der Waals surface area contributed by atoms with Crippen LogP contribution < -0.4 is 4.90 Å². The maximum atomic E-state index is 12.4. The van der Waals surface area contributed by atoms with E-state index < -0.39 is 0 Å². The third kappa shape index (κ3) is 2.99. The summed E-state index contributed by atoms with van der Waals surface area (Å²) in [6, 6.07) is 14.0. The lowest BCUT2D eigenvalue weighted by Crippen LogP contribution is -2.48.